The summed E-state index contributed by atoms with van der Waals surface area (Å²) in [6.45, 7) is 0.556. The third kappa shape index (κ3) is 4.09. The first-order chi connectivity index (χ1) is 14.3. The highest BCUT2D eigenvalue weighted by atomic mass is 35.5. The predicted octanol–water partition coefficient (Wildman–Crippen LogP) is 4.48. The molecular weight excluding hydrogens is 427 g/mol. The Balaban J connectivity index is 1.61. The van der Waals surface area contributed by atoms with E-state index in [1.165, 1.54) is 16.4 Å². The van der Waals surface area contributed by atoms with Crippen LogP contribution in [0.4, 0.5) is 10.1 Å². The third-order valence-electron chi connectivity index (χ3n) is 5.00. The van der Waals surface area contributed by atoms with Crippen LogP contribution >= 0.6 is 11.6 Å². The average molecular weight is 445 g/mol. The van der Waals surface area contributed by atoms with Crippen LogP contribution in [0.15, 0.2) is 71.6 Å². The van der Waals surface area contributed by atoms with E-state index in [1.807, 2.05) is 24.3 Å². The van der Waals surface area contributed by atoms with Crippen LogP contribution in [-0.2, 0) is 23.0 Å². The van der Waals surface area contributed by atoms with E-state index in [1.54, 1.807) is 18.2 Å². The average Bonchev–Trinajstić information content (AvgIpc) is 2.73. The Morgan fingerprint density at radius 1 is 1.00 bits per heavy atom. The minimum Gasteiger partial charge on any atom is -0.322 e. The van der Waals surface area contributed by atoms with Crippen molar-refractivity contribution in [2.24, 2.45) is 0 Å². The molecule has 30 heavy (non-hydrogen) atoms. The Labute approximate surface area is 179 Å². The van der Waals surface area contributed by atoms with Gasteiger partial charge in [0.15, 0.2) is 0 Å². The van der Waals surface area contributed by atoms with E-state index in [4.69, 9.17) is 11.6 Å². The molecule has 3 aromatic carbocycles. The highest BCUT2D eigenvalue weighted by molar-refractivity contribution is 7.89. The van der Waals surface area contributed by atoms with Gasteiger partial charge in [-0.15, -0.1) is 0 Å². The molecular formula is C22H18ClFN2O3S. The molecule has 0 saturated carbocycles. The van der Waals surface area contributed by atoms with Gasteiger partial charge in [0, 0.05) is 23.8 Å². The lowest BCUT2D eigenvalue weighted by atomic mass is 10.0. The fourth-order valence-corrected chi connectivity index (χ4v) is 5.06. The van der Waals surface area contributed by atoms with Crippen LogP contribution in [0.2, 0.25) is 5.02 Å². The predicted molar refractivity (Wildman–Crippen MR) is 114 cm³/mol. The minimum atomic E-state index is -3.89. The maximum absolute atomic E-state index is 14.3. The molecule has 0 bridgehead atoms. The van der Waals surface area contributed by atoms with Gasteiger partial charge in [0.05, 0.1) is 10.5 Å². The molecule has 1 amide bonds. The van der Waals surface area contributed by atoms with Crippen molar-refractivity contribution in [3.05, 3.63) is 94.3 Å². The fraction of sp³-hybridized carbons (Fsp3) is 0.136. The smallest absolute Gasteiger partial charge is 0.258 e. The molecule has 0 fully saturated rings. The van der Waals surface area contributed by atoms with Gasteiger partial charge in [-0.05, 0) is 53.9 Å². The second-order valence-corrected chi connectivity index (χ2v) is 9.34. The Hall–Kier alpha value is -2.74. The van der Waals surface area contributed by atoms with Gasteiger partial charge in [0.2, 0.25) is 10.0 Å². The van der Waals surface area contributed by atoms with Crippen LogP contribution in [0.3, 0.4) is 0 Å². The first-order valence-electron chi connectivity index (χ1n) is 9.28. The van der Waals surface area contributed by atoms with Gasteiger partial charge in [-0.25, -0.2) is 12.8 Å². The summed E-state index contributed by atoms with van der Waals surface area (Å²) in [5.41, 5.74) is 2.08. The number of carbonyl (C=O) groups is 1. The number of sulfonamides is 1. The summed E-state index contributed by atoms with van der Waals surface area (Å²) in [5.74, 6) is -1.56. The Morgan fingerprint density at radius 3 is 2.53 bits per heavy atom. The fourth-order valence-electron chi connectivity index (χ4n) is 3.43. The number of rotatable bonds is 4. The number of nitrogens with one attached hydrogen (secondary N) is 1. The maximum atomic E-state index is 14.3. The molecule has 154 valence electrons. The number of fused-ring (bicyclic) bond motifs is 1. The molecule has 1 heterocycles. The van der Waals surface area contributed by atoms with Crippen LogP contribution in [0.1, 0.15) is 21.5 Å². The van der Waals surface area contributed by atoms with Crippen molar-refractivity contribution < 1.29 is 17.6 Å². The standard InChI is InChI=1S/C22H18ClFN2O3S/c23-17-6-3-7-18(12-17)25-22(27)20-13-19(8-9-21(20)24)30(28,29)26-11-10-15-4-1-2-5-16(15)14-26/h1-9,12-13H,10-11,14H2,(H,25,27). The number of anilines is 1. The second kappa shape index (κ2) is 8.18. The molecule has 0 aromatic heterocycles. The van der Waals surface area contributed by atoms with Gasteiger partial charge >= 0.3 is 0 Å². The normalized spacial score (nSPS) is 14.2. The molecule has 1 N–H and O–H groups in total. The van der Waals surface area contributed by atoms with E-state index in [9.17, 15) is 17.6 Å². The van der Waals surface area contributed by atoms with Crippen molar-refractivity contribution in [2.75, 3.05) is 11.9 Å². The van der Waals surface area contributed by atoms with Gasteiger partial charge in [0.25, 0.3) is 5.91 Å². The van der Waals surface area contributed by atoms with Crippen LogP contribution in [0.25, 0.3) is 0 Å². The van der Waals surface area contributed by atoms with Crippen LogP contribution in [-0.4, -0.2) is 25.2 Å². The summed E-state index contributed by atoms with van der Waals surface area (Å²) in [6.07, 6.45) is 0.596. The van der Waals surface area contributed by atoms with E-state index in [-0.39, 0.29) is 17.0 Å². The maximum Gasteiger partial charge on any atom is 0.258 e. The van der Waals surface area contributed by atoms with Crippen LogP contribution < -0.4 is 5.32 Å². The second-order valence-electron chi connectivity index (χ2n) is 6.96. The highest BCUT2D eigenvalue weighted by Gasteiger charge is 2.29. The molecule has 0 saturated heterocycles. The van der Waals surface area contributed by atoms with E-state index in [0.717, 1.165) is 23.3 Å². The molecule has 1 aliphatic rings. The Morgan fingerprint density at radius 2 is 1.77 bits per heavy atom. The van der Waals surface area contributed by atoms with Crippen molar-refractivity contribution in [3.63, 3.8) is 0 Å². The summed E-state index contributed by atoms with van der Waals surface area (Å²) in [6, 6.07) is 17.3. The number of hydrogen-bond acceptors (Lipinski definition) is 3. The topological polar surface area (TPSA) is 66.5 Å². The van der Waals surface area contributed by atoms with Gasteiger partial charge < -0.3 is 5.32 Å². The molecule has 1 aliphatic heterocycles. The lowest BCUT2D eigenvalue weighted by Crippen LogP contribution is -2.36. The number of nitrogens with zero attached hydrogens (tertiary/aromatic N) is 1. The van der Waals surface area contributed by atoms with Gasteiger partial charge in [-0.2, -0.15) is 4.31 Å². The summed E-state index contributed by atoms with van der Waals surface area (Å²) >= 11 is 5.90. The van der Waals surface area contributed by atoms with Crippen molar-refractivity contribution in [2.45, 2.75) is 17.9 Å². The quantitative estimate of drug-likeness (QED) is 0.645. The van der Waals surface area contributed by atoms with Gasteiger partial charge in [-0.1, -0.05) is 41.9 Å². The highest BCUT2D eigenvalue weighted by Crippen LogP contribution is 2.26. The monoisotopic (exact) mass is 444 g/mol. The summed E-state index contributed by atoms with van der Waals surface area (Å²) in [7, 11) is -3.89. The molecule has 0 spiro atoms. The zero-order chi connectivity index (χ0) is 21.3. The molecule has 5 nitrogen and oxygen atoms in total. The van der Waals surface area contributed by atoms with Gasteiger partial charge in [-0.3, -0.25) is 4.79 Å². The van der Waals surface area contributed by atoms with Crippen LogP contribution in [0, 0.1) is 5.82 Å². The van der Waals surface area contributed by atoms with Gasteiger partial charge in [0.1, 0.15) is 5.82 Å². The summed E-state index contributed by atoms with van der Waals surface area (Å²) in [5, 5.41) is 2.95. The number of carbonyl (C=O) groups excluding carboxylic acids is 1. The lowest BCUT2D eigenvalue weighted by molar-refractivity contribution is 0.102. The molecule has 0 atom stereocenters. The zero-order valence-corrected chi connectivity index (χ0v) is 17.4. The molecule has 0 radical (unpaired) electrons. The Bertz CT molecular complexity index is 1230. The van der Waals surface area contributed by atoms with E-state index in [0.29, 0.717) is 23.7 Å². The SMILES string of the molecule is O=C(Nc1cccc(Cl)c1)c1cc(S(=O)(=O)N2CCc3ccccc3C2)ccc1F. The molecule has 4 rings (SSSR count). The number of halogens is 2. The van der Waals surface area contributed by atoms with E-state index < -0.39 is 21.7 Å². The van der Waals surface area contributed by atoms with E-state index >= 15 is 0 Å². The summed E-state index contributed by atoms with van der Waals surface area (Å²) in [4.78, 5) is 12.4. The first-order valence-corrected chi connectivity index (χ1v) is 11.1. The van der Waals surface area contributed by atoms with Crippen molar-refractivity contribution in [1.29, 1.82) is 0 Å². The van der Waals surface area contributed by atoms with Crippen molar-refractivity contribution in [1.82, 2.24) is 4.31 Å². The zero-order valence-electron chi connectivity index (χ0n) is 15.8. The minimum absolute atomic E-state index is 0.125. The first kappa shape index (κ1) is 20.5. The number of benzene rings is 3. The summed E-state index contributed by atoms with van der Waals surface area (Å²) < 4.78 is 42.0. The van der Waals surface area contributed by atoms with Crippen molar-refractivity contribution >= 4 is 33.2 Å². The van der Waals surface area contributed by atoms with Crippen LogP contribution in [0.5, 0.6) is 0 Å². The Kier molecular flexibility index (Phi) is 5.60. The van der Waals surface area contributed by atoms with Crippen molar-refractivity contribution in [3.8, 4) is 0 Å². The lowest BCUT2D eigenvalue weighted by Gasteiger charge is -2.28. The number of hydrogen-bond donors (Lipinski definition) is 1. The third-order valence-corrected chi connectivity index (χ3v) is 7.07. The van der Waals surface area contributed by atoms with E-state index in [2.05, 4.69) is 5.32 Å². The number of amides is 1. The largest absolute Gasteiger partial charge is 0.322 e. The molecule has 0 aliphatic carbocycles. The molecule has 8 heteroatoms. The molecule has 3 aromatic rings. The molecule has 0 unspecified atom stereocenters.